The minimum absolute atomic E-state index is 0.0984. The first-order valence-corrected chi connectivity index (χ1v) is 8.79. The van der Waals surface area contributed by atoms with Crippen molar-refractivity contribution in [3.8, 4) is 5.75 Å². The van der Waals surface area contributed by atoms with Gasteiger partial charge in [0.1, 0.15) is 11.5 Å². The first-order valence-electron chi connectivity index (χ1n) is 8.79. The van der Waals surface area contributed by atoms with Crippen LogP contribution in [0.25, 0.3) is 5.65 Å². The number of aromatic nitrogens is 4. The topological polar surface area (TPSA) is 64.7 Å². The summed E-state index contributed by atoms with van der Waals surface area (Å²) in [6.07, 6.45) is 5.30. The number of benzene rings is 1. The van der Waals surface area contributed by atoms with Gasteiger partial charge in [-0.3, -0.25) is 4.79 Å². The molecule has 4 aromatic rings. The lowest BCUT2D eigenvalue weighted by Crippen LogP contribution is -2.27. The maximum Gasteiger partial charge on any atom is 0.274 e. The molecule has 0 N–H and O–H groups in total. The molecule has 148 valence electrons. The van der Waals surface area contributed by atoms with Gasteiger partial charge in [-0.2, -0.15) is 5.10 Å². The summed E-state index contributed by atoms with van der Waals surface area (Å²) in [6, 6.07) is 10.3. The molecule has 0 saturated heterocycles. The van der Waals surface area contributed by atoms with Crippen LogP contribution in [0.15, 0.2) is 61.1 Å². The fraction of sp³-hybridized carbons (Fsp3) is 0.150. The molecule has 0 aliphatic heterocycles. The monoisotopic (exact) mass is 397 g/mol. The van der Waals surface area contributed by atoms with Crippen LogP contribution < -0.4 is 4.74 Å². The predicted octanol–water partition coefficient (Wildman–Crippen LogP) is 3.12. The number of nitrogens with zero attached hydrogens (tertiary/aromatic N) is 5. The van der Waals surface area contributed by atoms with Gasteiger partial charge < -0.3 is 14.0 Å². The number of amides is 1. The van der Waals surface area contributed by atoms with E-state index in [1.165, 1.54) is 15.6 Å². The lowest BCUT2D eigenvalue weighted by molar-refractivity contribution is 0.0775. The van der Waals surface area contributed by atoms with E-state index in [1.54, 1.807) is 19.3 Å². The third kappa shape index (κ3) is 4.08. The van der Waals surface area contributed by atoms with Crippen LogP contribution in [0.5, 0.6) is 5.75 Å². The molecule has 9 heteroatoms. The molecule has 1 aromatic carbocycles. The van der Waals surface area contributed by atoms with Crippen LogP contribution in [-0.4, -0.2) is 37.0 Å². The third-order valence-corrected chi connectivity index (χ3v) is 4.27. The Morgan fingerprint density at radius 2 is 2.03 bits per heavy atom. The van der Waals surface area contributed by atoms with Crippen molar-refractivity contribution in [2.75, 3.05) is 7.05 Å². The molecular weight excluding hydrogens is 380 g/mol. The second kappa shape index (κ2) is 7.70. The second-order valence-corrected chi connectivity index (χ2v) is 6.45. The Morgan fingerprint density at radius 3 is 2.83 bits per heavy atom. The van der Waals surface area contributed by atoms with E-state index in [1.807, 2.05) is 35.0 Å². The summed E-state index contributed by atoms with van der Waals surface area (Å²) in [7, 11) is 1.66. The van der Waals surface area contributed by atoms with Crippen molar-refractivity contribution >= 4 is 11.6 Å². The number of fused-ring (bicyclic) bond motifs is 1. The van der Waals surface area contributed by atoms with Gasteiger partial charge in [-0.1, -0.05) is 6.07 Å². The van der Waals surface area contributed by atoms with Crippen LogP contribution in [0.2, 0.25) is 0 Å². The quantitative estimate of drug-likeness (QED) is 0.502. The largest absolute Gasteiger partial charge is 0.468 e. The summed E-state index contributed by atoms with van der Waals surface area (Å²) < 4.78 is 35.1. The van der Waals surface area contributed by atoms with E-state index < -0.39 is 11.6 Å². The zero-order valence-electron chi connectivity index (χ0n) is 15.5. The van der Waals surface area contributed by atoms with Gasteiger partial charge >= 0.3 is 0 Å². The molecule has 3 heterocycles. The van der Waals surface area contributed by atoms with Crippen molar-refractivity contribution in [2.24, 2.45) is 0 Å². The Balaban J connectivity index is 1.39. The zero-order chi connectivity index (χ0) is 20.4. The normalized spacial score (nSPS) is 11.0. The summed E-state index contributed by atoms with van der Waals surface area (Å²) in [5.74, 6) is -1.87. The van der Waals surface area contributed by atoms with Gasteiger partial charge in [0.25, 0.3) is 5.91 Å². The number of hydrogen-bond acceptors (Lipinski definition) is 4. The Morgan fingerprint density at radius 1 is 1.17 bits per heavy atom. The van der Waals surface area contributed by atoms with Crippen molar-refractivity contribution in [1.82, 2.24) is 24.1 Å². The SMILES string of the molecule is CN(Cc1cn2ccccc2n1)C(=O)c1ccn(COc2ccc(F)cc2F)n1. The number of carbonyl (C=O) groups excluding carboxylic acids is 1. The van der Waals surface area contributed by atoms with E-state index >= 15 is 0 Å². The number of imidazole rings is 1. The molecule has 1 amide bonds. The molecule has 4 rings (SSSR count). The zero-order valence-corrected chi connectivity index (χ0v) is 15.5. The molecule has 0 aliphatic carbocycles. The van der Waals surface area contributed by atoms with E-state index in [4.69, 9.17) is 4.74 Å². The van der Waals surface area contributed by atoms with Crippen molar-refractivity contribution in [3.63, 3.8) is 0 Å². The molecule has 0 saturated carbocycles. The van der Waals surface area contributed by atoms with Gasteiger partial charge in [0.2, 0.25) is 0 Å². The highest BCUT2D eigenvalue weighted by Gasteiger charge is 2.16. The molecule has 3 aromatic heterocycles. The van der Waals surface area contributed by atoms with Crippen LogP contribution in [-0.2, 0) is 13.3 Å². The van der Waals surface area contributed by atoms with Gasteiger partial charge in [0.15, 0.2) is 24.0 Å². The van der Waals surface area contributed by atoms with Crippen LogP contribution in [0.4, 0.5) is 8.78 Å². The number of ether oxygens (including phenoxy) is 1. The maximum absolute atomic E-state index is 13.6. The molecule has 0 radical (unpaired) electrons. The molecule has 0 aliphatic rings. The van der Waals surface area contributed by atoms with Crippen molar-refractivity contribution < 1.29 is 18.3 Å². The van der Waals surface area contributed by atoms with Crippen LogP contribution in [0.3, 0.4) is 0 Å². The van der Waals surface area contributed by atoms with Gasteiger partial charge in [-0.15, -0.1) is 0 Å². The first kappa shape index (κ1) is 18.6. The predicted molar refractivity (Wildman–Crippen MR) is 100 cm³/mol. The van der Waals surface area contributed by atoms with Crippen LogP contribution >= 0.6 is 0 Å². The maximum atomic E-state index is 13.6. The van der Waals surface area contributed by atoms with Crippen molar-refractivity contribution in [2.45, 2.75) is 13.3 Å². The molecule has 0 atom stereocenters. The molecule has 0 fully saturated rings. The molecule has 0 spiro atoms. The number of halogens is 2. The van der Waals surface area contributed by atoms with Gasteiger partial charge in [0.05, 0.1) is 12.2 Å². The minimum atomic E-state index is -0.805. The van der Waals surface area contributed by atoms with Crippen LogP contribution in [0, 0.1) is 11.6 Å². The molecule has 7 nitrogen and oxygen atoms in total. The number of carbonyl (C=O) groups is 1. The molecule has 0 bridgehead atoms. The third-order valence-electron chi connectivity index (χ3n) is 4.27. The molecule has 0 unspecified atom stereocenters. The summed E-state index contributed by atoms with van der Waals surface area (Å²) in [5.41, 5.74) is 1.78. The number of pyridine rings is 1. The molecule has 29 heavy (non-hydrogen) atoms. The van der Waals surface area contributed by atoms with Gasteiger partial charge in [-0.05, 0) is 30.3 Å². The van der Waals surface area contributed by atoms with Gasteiger partial charge in [0, 0.05) is 31.7 Å². The minimum Gasteiger partial charge on any atom is -0.468 e. The Hall–Kier alpha value is -3.75. The average Bonchev–Trinajstić information content (AvgIpc) is 3.33. The lowest BCUT2D eigenvalue weighted by atomic mass is 10.3. The van der Waals surface area contributed by atoms with E-state index in [2.05, 4.69) is 10.1 Å². The first-order chi connectivity index (χ1) is 14.0. The van der Waals surface area contributed by atoms with Crippen molar-refractivity contribution in [1.29, 1.82) is 0 Å². The fourth-order valence-corrected chi connectivity index (χ4v) is 2.85. The second-order valence-electron chi connectivity index (χ2n) is 6.45. The summed E-state index contributed by atoms with van der Waals surface area (Å²) in [6.45, 7) is 0.205. The van der Waals surface area contributed by atoms with E-state index in [0.29, 0.717) is 6.54 Å². The smallest absolute Gasteiger partial charge is 0.274 e. The standard InChI is InChI=1S/C20H17F2N5O2/c1-25(11-15-12-26-8-3-2-4-19(26)23-15)20(28)17-7-9-27(24-17)13-29-18-6-5-14(21)10-16(18)22/h2-10,12H,11,13H2,1H3. The summed E-state index contributed by atoms with van der Waals surface area (Å²) in [5, 5.41) is 4.16. The summed E-state index contributed by atoms with van der Waals surface area (Å²) in [4.78, 5) is 18.6. The fourth-order valence-electron chi connectivity index (χ4n) is 2.85. The Kier molecular flexibility index (Phi) is 4.94. The summed E-state index contributed by atoms with van der Waals surface area (Å²) >= 11 is 0. The number of rotatable bonds is 6. The molecular formula is C20H17F2N5O2. The van der Waals surface area contributed by atoms with E-state index in [0.717, 1.165) is 23.5 Å². The Labute approximate surface area is 164 Å². The van der Waals surface area contributed by atoms with E-state index in [-0.39, 0.29) is 24.1 Å². The lowest BCUT2D eigenvalue weighted by Gasteiger charge is -2.14. The highest BCUT2D eigenvalue weighted by atomic mass is 19.1. The number of hydrogen-bond donors (Lipinski definition) is 0. The van der Waals surface area contributed by atoms with Crippen molar-refractivity contribution in [3.05, 3.63) is 84.1 Å². The average molecular weight is 397 g/mol. The van der Waals surface area contributed by atoms with Crippen LogP contribution in [0.1, 0.15) is 16.2 Å². The Bertz CT molecular complexity index is 1140. The highest BCUT2D eigenvalue weighted by molar-refractivity contribution is 5.91. The van der Waals surface area contributed by atoms with E-state index in [9.17, 15) is 13.6 Å². The van der Waals surface area contributed by atoms with Gasteiger partial charge in [-0.25, -0.2) is 18.4 Å². The highest BCUT2D eigenvalue weighted by Crippen LogP contribution is 2.18.